The number of nitrogens with one attached hydrogen (secondary N) is 6. The standard InChI is InChI=1S/C33H63N7O8.C19H36BrN3O5.C17H39N7O.C14H28N4O3.CH4.ClH/c1-31(2,3)46-28(43)34-10-11-35-12-14-36(15-17-38(26-41)16-13-35)24-27(42)25-37-18-20-39(29(44)47-32(4,5)6)22-23-40(21-19-37)30(45)48-33(7,8)9;1-18(2,3)27-16(25)22-9-7-21(14-15(24)13-20)8-10-23(12-11-22)17(26)28-19(4,5)6;18-1-8-22-9-4-21-7-12-24(14-13-22)16-17(25)15-23-10-5-19-2-3-20-6-11-23;1-14(2,3)21-13(20)16-6-9-17-7-4-15-5-8-18(12-19)11-10-17;;/h26-27,42H,10-25H2,1-9H3,(H,34,43);15,24H,7-14H2,1-6H3;17,19-21,25H,1-16,18H2;12,15H,4-11H2,1-3H3,(H,16,20);1H4;1H. The van der Waals surface area contributed by atoms with E-state index in [1.165, 1.54) is 0 Å². The zero-order valence-electron chi connectivity index (χ0n) is 78.5. The summed E-state index contributed by atoms with van der Waals surface area (Å²) in [5, 5.41) is 51.6. The number of halogens is 2. The van der Waals surface area contributed by atoms with E-state index in [0.29, 0.717) is 169 Å². The molecular formula is C84H171BrClN21O17. The number of hydrogen-bond acceptors (Lipinski definition) is 30. The molecule has 6 fully saturated rings. The maximum Gasteiger partial charge on any atom is 0.410 e. The molecule has 0 spiro atoms. The van der Waals surface area contributed by atoms with Crippen LogP contribution in [0.3, 0.4) is 0 Å². The van der Waals surface area contributed by atoms with Crippen LogP contribution in [0, 0.1) is 0 Å². The Hall–Kier alpha value is -5.31. The fourth-order valence-electron chi connectivity index (χ4n) is 13.5. The van der Waals surface area contributed by atoms with Gasteiger partial charge in [0, 0.05) is 313 Å². The number of hydrogen-bond donors (Lipinski definition) is 10. The van der Waals surface area contributed by atoms with Crippen molar-refractivity contribution < 1.29 is 82.1 Å². The first-order valence-corrected chi connectivity index (χ1v) is 45.5. The summed E-state index contributed by atoms with van der Waals surface area (Å²) >= 11 is 3.28. The number of aliphatic hydroxyl groups excluding tert-OH is 3. The summed E-state index contributed by atoms with van der Waals surface area (Å²) in [6, 6.07) is 0. The first kappa shape index (κ1) is 117. The molecule has 38 nitrogen and oxygen atoms in total. The lowest BCUT2D eigenvalue weighted by Gasteiger charge is -2.31. The van der Waals surface area contributed by atoms with E-state index in [9.17, 15) is 53.7 Å². The molecule has 0 aromatic heterocycles. The maximum atomic E-state index is 13.0. The first-order valence-electron chi connectivity index (χ1n) is 44.4. The number of ether oxygens (including phenoxy) is 6. The van der Waals surface area contributed by atoms with E-state index in [2.05, 4.69) is 82.1 Å². The highest BCUT2D eigenvalue weighted by atomic mass is 79.9. The van der Waals surface area contributed by atoms with Crippen LogP contribution in [0.15, 0.2) is 0 Å². The van der Waals surface area contributed by atoms with Gasteiger partial charge in [-0.2, -0.15) is 0 Å². The van der Waals surface area contributed by atoms with Crippen molar-refractivity contribution in [3.8, 4) is 0 Å². The normalized spacial score (nSPS) is 20.0. The summed E-state index contributed by atoms with van der Waals surface area (Å²) in [6.45, 7) is 65.5. The Balaban J connectivity index is 0.000000870. The third kappa shape index (κ3) is 58.3. The molecule has 0 bridgehead atoms. The molecule has 3 unspecified atom stereocenters. The Morgan fingerprint density at radius 2 is 0.548 bits per heavy atom. The number of alkyl halides is 1. The lowest BCUT2D eigenvalue weighted by Crippen LogP contribution is -2.47. The summed E-state index contributed by atoms with van der Waals surface area (Å²) < 4.78 is 32.8. The number of aliphatic hydroxyl groups is 3. The topological polar surface area (TPSA) is 396 Å². The summed E-state index contributed by atoms with van der Waals surface area (Å²) in [6.07, 6.45) is -2.35. The molecule has 0 aromatic carbocycles. The molecule has 40 heteroatoms. The van der Waals surface area contributed by atoms with Gasteiger partial charge in [0.15, 0.2) is 0 Å². The number of rotatable bonds is 21. The molecule has 6 aliphatic heterocycles. The molecule has 6 heterocycles. The van der Waals surface area contributed by atoms with Crippen molar-refractivity contribution in [3.05, 3.63) is 0 Å². The molecule has 728 valence electrons. The van der Waals surface area contributed by atoms with Crippen LogP contribution >= 0.6 is 28.3 Å². The van der Waals surface area contributed by atoms with E-state index >= 15 is 0 Å². The molecule has 124 heavy (non-hydrogen) atoms. The molecule has 8 amide bonds. The van der Waals surface area contributed by atoms with Crippen LogP contribution in [0.25, 0.3) is 0 Å². The van der Waals surface area contributed by atoms with Crippen LogP contribution in [0.5, 0.6) is 0 Å². The molecule has 3 atom stereocenters. The van der Waals surface area contributed by atoms with Gasteiger partial charge in [-0.1, -0.05) is 23.4 Å². The van der Waals surface area contributed by atoms with E-state index in [-0.39, 0.29) is 32.0 Å². The monoisotopic (exact) mass is 1860 g/mol. The average molecular weight is 1860 g/mol. The lowest BCUT2D eigenvalue weighted by atomic mass is 10.2. The van der Waals surface area contributed by atoms with Crippen molar-refractivity contribution in [2.45, 2.75) is 184 Å². The third-order valence-corrected chi connectivity index (χ3v) is 20.5. The molecular weight excluding hydrogens is 1690 g/mol. The molecule has 11 N–H and O–H groups in total. The summed E-state index contributed by atoms with van der Waals surface area (Å²) in [5.41, 5.74) is 2.16. The van der Waals surface area contributed by atoms with Crippen molar-refractivity contribution in [2.24, 2.45) is 5.73 Å². The Morgan fingerprint density at radius 1 is 0.331 bits per heavy atom. The Kier molecular flexibility index (Phi) is 57.7. The van der Waals surface area contributed by atoms with E-state index < -0.39 is 76.3 Å². The number of carbonyl (C=O) groups is 8. The van der Waals surface area contributed by atoms with Gasteiger partial charge in [0.25, 0.3) is 0 Å². The van der Waals surface area contributed by atoms with Crippen LogP contribution < -0.4 is 37.6 Å². The van der Waals surface area contributed by atoms with Gasteiger partial charge in [-0.05, 0) is 125 Å². The maximum absolute atomic E-state index is 13.0. The van der Waals surface area contributed by atoms with Crippen LogP contribution in [-0.2, 0) is 38.0 Å². The highest BCUT2D eigenvalue weighted by Crippen LogP contribution is 2.18. The predicted octanol–water partition coefficient (Wildman–Crippen LogP) is 2.21. The molecule has 0 radical (unpaired) electrons. The zero-order valence-corrected chi connectivity index (χ0v) is 80.9. The molecule has 6 aliphatic rings. The van der Waals surface area contributed by atoms with Gasteiger partial charge < -0.3 is 111 Å². The quantitative estimate of drug-likeness (QED) is 0.0447. The zero-order chi connectivity index (χ0) is 91.1. The number of nitrogens with zero attached hydrogens (tertiary/aromatic N) is 14. The van der Waals surface area contributed by atoms with Crippen molar-refractivity contribution in [1.82, 2.24) is 100 Å². The predicted molar refractivity (Wildman–Crippen MR) is 493 cm³/mol. The van der Waals surface area contributed by atoms with E-state index in [0.717, 1.165) is 157 Å². The Morgan fingerprint density at radius 3 is 0.847 bits per heavy atom. The fraction of sp³-hybridized carbons (Fsp3) is 0.905. The Bertz CT molecular complexity index is 2850. The number of nitrogens with two attached hydrogens (primary N) is 1. The van der Waals surface area contributed by atoms with Crippen molar-refractivity contribution in [1.29, 1.82) is 0 Å². The summed E-state index contributed by atoms with van der Waals surface area (Å²) in [7, 11) is 0. The number of carbonyl (C=O) groups excluding carboxylic acids is 8. The molecule has 6 saturated heterocycles. The van der Waals surface area contributed by atoms with E-state index in [1.54, 1.807) is 29.4 Å². The van der Waals surface area contributed by atoms with Crippen molar-refractivity contribution in [2.75, 3.05) is 313 Å². The van der Waals surface area contributed by atoms with Crippen LogP contribution in [-0.4, -0.2) is 498 Å². The second-order valence-corrected chi connectivity index (χ2v) is 38.6. The smallest absolute Gasteiger partial charge is 0.410 e. The second kappa shape index (κ2) is 61.3. The Labute approximate surface area is 759 Å². The highest BCUT2D eigenvalue weighted by Gasteiger charge is 2.33. The molecule has 0 saturated carbocycles. The highest BCUT2D eigenvalue weighted by molar-refractivity contribution is 9.09. The van der Waals surface area contributed by atoms with Gasteiger partial charge >= 0.3 is 36.6 Å². The van der Waals surface area contributed by atoms with E-state index in [1.807, 2.05) is 130 Å². The lowest BCUT2D eigenvalue weighted by molar-refractivity contribution is -0.119. The summed E-state index contributed by atoms with van der Waals surface area (Å²) in [4.78, 5) is 125. The third-order valence-electron chi connectivity index (χ3n) is 19.7. The SMILES string of the molecule is C.CC(C)(C)OC(=O)N1CCN(CC(O)CBr)CCN(C(=O)OC(C)(C)C)CC1.CC(C)(C)OC(=O)NCCN1CCN(C=O)CCN(CC(O)CN2CCN(C(=O)OC(C)(C)C)CCN(C(=O)OC(C)(C)C)CC2)CC1.CC(C)(C)OC(=O)NCCN1CCNCCN(C=O)CC1.Cl.NCCN1CCNCCN(CC(O)CN2CCNCCNCC2)CC1. The van der Waals surface area contributed by atoms with Crippen LogP contribution in [0.4, 0.5) is 28.8 Å². The van der Waals surface area contributed by atoms with E-state index in [4.69, 9.17) is 34.2 Å². The van der Waals surface area contributed by atoms with Gasteiger partial charge in [-0.15, -0.1) is 12.4 Å². The van der Waals surface area contributed by atoms with Gasteiger partial charge in [-0.25, -0.2) is 28.8 Å². The largest absolute Gasteiger partial charge is 0.444 e. The van der Waals surface area contributed by atoms with Crippen molar-refractivity contribution in [3.63, 3.8) is 0 Å². The molecule has 6 rings (SSSR count). The second-order valence-electron chi connectivity index (χ2n) is 37.9. The number of alkyl carbamates (subject to hydrolysis) is 2. The number of amides is 8. The average Bonchev–Trinajstić information content (AvgIpc) is 1.67. The minimum atomic E-state index is -0.719. The minimum Gasteiger partial charge on any atom is -0.444 e. The van der Waals surface area contributed by atoms with Gasteiger partial charge in [0.2, 0.25) is 12.8 Å². The first-order chi connectivity index (χ1) is 57.2. The van der Waals surface area contributed by atoms with Gasteiger partial charge in [0.05, 0.1) is 18.3 Å². The van der Waals surface area contributed by atoms with Crippen LogP contribution in [0.2, 0.25) is 0 Å². The molecule has 0 aromatic rings. The van der Waals surface area contributed by atoms with Gasteiger partial charge in [0.1, 0.15) is 33.6 Å². The number of β-amino-alcohol motifs (C(OH)–C–C–N with tert-alkyl or cyclic N) is 3. The van der Waals surface area contributed by atoms with Crippen molar-refractivity contribution >= 4 is 77.7 Å². The minimum absolute atomic E-state index is 0. The van der Waals surface area contributed by atoms with Gasteiger partial charge in [-0.3, -0.25) is 48.8 Å². The summed E-state index contributed by atoms with van der Waals surface area (Å²) in [5.74, 6) is 0. The fourth-order valence-corrected chi connectivity index (χ4v) is 13.7. The van der Waals surface area contributed by atoms with Crippen LogP contribution in [0.1, 0.15) is 132 Å². The molecule has 0 aliphatic carbocycles.